The monoisotopic (exact) mass is 517 g/mol. The van der Waals surface area contributed by atoms with Gasteiger partial charge in [0.05, 0.1) is 11.5 Å². The van der Waals surface area contributed by atoms with E-state index in [9.17, 15) is 31.2 Å². The number of esters is 1. The number of halogens is 3. The van der Waals surface area contributed by atoms with Crippen LogP contribution in [0.3, 0.4) is 0 Å². The summed E-state index contributed by atoms with van der Waals surface area (Å²) in [5.41, 5.74) is -2.82. The Morgan fingerprint density at radius 3 is 2.09 bits per heavy atom. The minimum Gasteiger partial charge on any atom is -0.463 e. The molecule has 0 aliphatic heterocycles. The first-order chi connectivity index (χ1) is 16.2. The van der Waals surface area contributed by atoms with Crippen LogP contribution in [0.25, 0.3) is 0 Å². The Morgan fingerprint density at radius 2 is 1.60 bits per heavy atom. The molecule has 0 unspecified atom stereocenters. The largest absolute Gasteiger partial charge is 0.463 e. The lowest BCUT2D eigenvalue weighted by molar-refractivity contribution is -0.207. The van der Waals surface area contributed by atoms with Crippen molar-refractivity contribution in [2.75, 3.05) is 16.6 Å². The molecular weight excluding hydrogens is 491 g/mol. The summed E-state index contributed by atoms with van der Waals surface area (Å²) in [4.78, 5) is 32.1. The molecule has 1 aromatic heterocycles. The van der Waals surface area contributed by atoms with Gasteiger partial charge in [-0.25, -0.2) is 27.9 Å². The molecule has 2 rings (SSSR count). The molecule has 0 saturated carbocycles. The molecule has 1 amide bonds. The maximum absolute atomic E-state index is 14.1. The molecule has 1 aromatic carbocycles. The number of nitrogens with one attached hydrogen (secondary N) is 3. The van der Waals surface area contributed by atoms with Crippen LogP contribution in [-0.2, 0) is 24.3 Å². The lowest BCUT2D eigenvalue weighted by Gasteiger charge is -2.35. The minimum atomic E-state index is -5.30. The molecular formula is C21H26F3N5O5S. The standard InChI is InChI=1S/C21H26F3N5O5S/c1-5-7-17(30)28-20(21(22,23)24,18(31)34-6-2)27-15-8-10-16(11-9-15)35(32,33)29-19-25-13(3)12-14(4)26-19/h8-12,27H,5-7H2,1-4H3,(H,28,30)(H,25,26,29)/t20-/m1/s1. The number of anilines is 2. The van der Waals surface area contributed by atoms with Crippen molar-refractivity contribution >= 4 is 33.5 Å². The summed E-state index contributed by atoms with van der Waals surface area (Å²) in [6.45, 7) is 5.85. The van der Waals surface area contributed by atoms with E-state index in [-0.39, 0.29) is 36.0 Å². The van der Waals surface area contributed by atoms with Crippen molar-refractivity contribution in [3.05, 3.63) is 41.7 Å². The SMILES string of the molecule is CCCC(=O)N[C@](Nc1ccc(S(=O)(=O)Nc2nc(C)cc(C)n2)cc1)(C(=O)OCC)C(F)(F)F. The van der Waals surface area contributed by atoms with E-state index in [4.69, 9.17) is 0 Å². The number of aromatic nitrogens is 2. The molecule has 0 bridgehead atoms. The second-order valence-electron chi connectivity index (χ2n) is 7.50. The van der Waals surface area contributed by atoms with Gasteiger partial charge in [0.1, 0.15) is 0 Å². The van der Waals surface area contributed by atoms with Crippen LogP contribution in [0.2, 0.25) is 0 Å². The zero-order valence-corrected chi connectivity index (χ0v) is 20.3. The third-order valence-corrected chi connectivity index (χ3v) is 5.86. The van der Waals surface area contributed by atoms with Gasteiger partial charge in [0.15, 0.2) is 0 Å². The molecule has 10 nitrogen and oxygen atoms in total. The average Bonchev–Trinajstić information content (AvgIpc) is 2.72. The van der Waals surface area contributed by atoms with E-state index >= 15 is 0 Å². The Labute approximate surface area is 200 Å². The number of carbonyl (C=O) groups excluding carboxylic acids is 2. The molecule has 0 radical (unpaired) electrons. The second kappa shape index (κ2) is 10.9. The van der Waals surface area contributed by atoms with Gasteiger partial charge in [-0.1, -0.05) is 6.92 Å². The van der Waals surface area contributed by atoms with Crippen molar-refractivity contribution in [2.45, 2.75) is 57.3 Å². The third-order valence-electron chi connectivity index (χ3n) is 4.52. The maximum Gasteiger partial charge on any atom is 0.441 e. The maximum atomic E-state index is 14.1. The predicted octanol–water partition coefficient (Wildman–Crippen LogP) is 3.04. The van der Waals surface area contributed by atoms with Crippen LogP contribution in [0.4, 0.5) is 24.8 Å². The summed E-state index contributed by atoms with van der Waals surface area (Å²) < 4.78 is 74.5. The summed E-state index contributed by atoms with van der Waals surface area (Å²) in [7, 11) is -4.17. The van der Waals surface area contributed by atoms with Crippen LogP contribution >= 0.6 is 0 Å². The molecule has 2 aromatic rings. The van der Waals surface area contributed by atoms with Gasteiger partial charge < -0.3 is 15.4 Å². The first kappa shape index (κ1) is 27.8. The van der Waals surface area contributed by atoms with Crippen molar-refractivity contribution in [3.63, 3.8) is 0 Å². The van der Waals surface area contributed by atoms with Gasteiger partial charge in [0, 0.05) is 23.5 Å². The smallest absolute Gasteiger partial charge is 0.441 e. The zero-order chi connectivity index (χ0) is 26.4. The molecule has 0 aliphatic carbocycles. The van der Waals surface area contributed by atoms with Crippen LogP contribution in [-0.4, -0.2) is 48.7 Å². The lowest BCUT2D eigenvalue weighted by Crippen LogP contribution is -2.69. The van der Waals surface area contributed by atoms with E-state index in [0.717, 1.165) is 24.3 Å². The zero-order valence-electron chi connectivity index (χ0n) is 19.5. The Bertz CT molecular complexity index is 1150. The number of aryl methyl sites for hydroxylation is 2. The van der Waals surface area contributed by atoms with Crippen LogP contribution in [0, 0.1) is 13.8 Å². The van der Waals surface area contributed by atoms with E-state index in [1.807, 2.05) is 5.32 Å². The fourth-order valence-electron chi connectivity index (χ4n) is 3.01. The third kappa shape index (κ3) is 6.81. The first-order valence-electron chi connectivity index (χ1n) is 10.5. The number of carbonyl (C=O) groups is 2. The summed E-state index contributed by atoms with van der Waals surface area (Å²) in [6, 6.07) is 5.72. The normalized spacial score (nSPS) is 13.5. The van der Waals surface area contributed by atoms with Crippen molar-refractivity contribution in [1.82, 2.24) is 15.3 Å². The van der Waals surface area contributed by atoms with Crippen LogP contribution in [0.15, 0.2) is 35.2 Å². The van der Waals surface area contributed by atoms with E-state index in [0.29, 0.717) is 11.4 Å². The number of ether oxygens (including phenoxy) is 1. The van der Waals surface area contributed by atoms with Gasteiger partial charge >= 0.3 is 17.8 Å². The van der Waals surface area contributed by atoms with Gasteiger partial charge in [0.2, 0.25) is 11.9 Å². The van der Waals surface area contributed by atoms with Gasteiger partial charge in [-0.05, 0) is 57.5 Å². The molecule has 0 spiro atoms. The van der Waals surface area contributed by atoms with Gasteiger partial charge in [0.25, 0.3) is 10.0 Å². The first-order valence-corrected chi connectivity index (χ1v) is 12.0. The molecule has 192 valence electrons. The van der Waals surface area contributed by atoms with Crippen LogP contribution < -0.4 is 15.4 Å². The number of hydrogen-bond acceptors (Lipinski definition) is 8. The highest BCUT2D eigenvalue weighted by molar-refractivity contribution is 7.92. The highest BCUT2D eigenvalue weighted by atomic mass is 32.2. The molecule has 1 heterocycles. The molecule has 0 saturated heterocycles. The number of benzene rings is 1. The van der Waals surface area contributed by atoms with Crippen molar-refractivity contribution in [1.29, 1.82) is 0 Å². The van der Waals surface area contributed by atoms with Crippen molar-refractivity contribution in [3.8, 4) is 0 Å². The Balaban J connectivity index is 2.39. The Morgan fingerprint density at radius 1 is 1.03 bits per heavy atom. The predicted molar refractivity (Wildman–Crippen MR) is 121 cm³/mol. The number of alkyl halides is 3. The second-order valence-corrected chi connectivity index (χ2v) is 9.18. The molecule has 35 heavy (non-hydrogen) atoms. The fourth-order valence-corrected chi connectivity index (χ4v) is 3.96. The number of hydrogen-bond donors (Lipinski definition) is 3. The summed E-state index contributed by atoms with van der Waals surface area (Å²) in [5.74, 6) is -2.95. The quantitative estimate of drug-likeness (QED) is 0.323. The van der Waals surface area contributed by atoms with Gasteiger partial charge in [-0.15, -0.1) is 0 Å². The number of rotatable bonds is 10. The average molecular weight is 518 g/mol. The van der Waals surface area contributed by atoms with E-state index in [1.165, 1.54) is 6.92 Å². The summed E-state index contributed by atoms with van der Waals surface area (Å²) in [5, 5.41) is 3.67. The van der Waals surface area contributed by atoms with Crippen LogP contribution in [0.1, 0.15) is 38.1 Å². The van der Waals surface area contributed by atoms with Crippen molar-refractivity contribution in [2.24, 2.45) is 0 Å². The van der Waals surface area contributed by atoms with E-state index in [1.54, 1.807) is 32.2 Å². The van der Waals surface area contributed by atoms with Gasteiger partial charge in [-0.2, -0.15) is 13.2 Å². The summed E-state index contributed by atoms with van der Waals surface area (Å²) in [6.07, 6.45) is -5.32. The topological polar surface area (TPSA) is 139 Å². The Hall–Kier alpha value is -3.42. The summed E-state index contributed by atoms with van der Waals surface area (Å²) >= 11 is 0. The molecule has 1 atom stereocenters. The minimum absolute atomic E-state index is 0.165. The molecule has 0 aliphatic rings. The molecule has 0 fully saturated rings. The number of amides is 1. The number of nitrogens with zero attached hydrogens (tertiary/aromatic N) is 2. The molecule has 3 N–H and O–H groups in total. The Kier molecular flexibility index (Phi) is 8.65. The van der Waals surface area contributed by atoms with E-state index < -0.39 is 33.7 Å². The van der Waals surface area contributed by atoms with E-state index in [2.05, 4.69) is 19.4 Å². The van der Waals surface area contributed by atoms with Gasteiger partial charge in [-0.3, -0.25) is 4.79 Å². The fraction of sp³-hybridized carbons (Fsp3) is 0.429. The number of sulfonamides is 1. The highest BCUT2D eigenvalue weighted by Gasteiger charge is 2.63. The van der Waals surface area contributed by atoms with Crippen molar-refractivity contribution < 1.29 is 35.9 Å². The lowest BCUT2D eigenvalue weighted by atomic mass is 10.1. The molecule has 14 heteroatoms. The highest BCUT2D eigenvalue weighted by Crippen LogP contribution is 2.33. The van der Waals surface area contributed by atoms with Crippen LogP contribution in [0.5, 0.6) is 0 Å².